The molecule has 0 spiro atoms. The predicted octanol–water partition coefficient (Wildman–Crippen LogP) is 8.08. The van der Waals surface area contributed by atoms with Crippen molar-refractivity contribution < 1.29 is 27.1 Å². The van der Waals surface area contributed by atoms with Gasteiger partial charge < -0.3 is 15.4 Å². The Hall–Kier alpha value is -2.24. The Balaban J connectivity index is 3.66. The lowest BCUT2D eigenvalue weighted by Crippen LogP contribution is -2.55. The molecule has 7 nitrogen and oxygen atoms in total. The molecule has 272 valence electrons. The van der Waals surface area contributed by atoms with Crippen LogP contribution in [-0.4, -0.2) is 69.4 Å². The van der Waals surface area contributed by atoms with Gasteiger partial charge in [0, 0.05) is 19.7 Å². The van der Waals surface area contributed by atoms with Crippen LogP contribution in [0, 0.1) is 28.5 Å². The maximum absolute atomic E-state index is 14.3. The van der Waals surface area contributed by atoms with Gasteiger partial charge >= 0.3 is 6.18 Å². The number of guanidine groups is 1. The van der Waals surface area contributed by atoms with Crippen LogP contribution in [0.5, 0.6) is 0 Å². The molecule has 6 atom stereocenters. The van der Waals surface area contributed by atoms with Gasteiger partial charge in [0.2, 0.25) is 5.91 Å². The van der Waals surface area contributed by atoms with E-state index in [9.17, 15) is 22.4 Å². The molecule has 3 N–H and O–H groups in total. The molecule has 47 heavy (non-hydrogen) atoms. The second-order valence-electron chi connectivity index (χ2n) is 14.4. The first-order valence-electron chi connectivity index (χ1n) is 17.2. The minimum absolute atomic E-state index is 0.0302. The topological polar surface area (TPSA) is 78.0 Å². The van der Waals surface area contributed by atoms with E-state index in [1.165, 1.54) is 19.2 Å². The highest BCUT2D eigenvalue weighted by Gasteiger charge is 2.47. The first kappa shape index (κ1) is 42.8. The Labute approximate surface area is 282 Å². The number of ether oxygens (including phenoxy) is 1. The number of nitrogens with one attached hydrogen (secondary N) is 3. The van der Waals surface area contributed by atoms with Crippen molar-refractivity contribution in [1.29, 1.82) is 0 Å². The average molecular weight is 674 g/mol. The molecule has 0 radical (unpaired) electrons. The van der Waals surface area contributed by atoms with Crippen molar-refractivity contribution in [2.24, 2.45) is 27.7 Å². The smallest absolute Gasteiger partial charge is 0.383 e. The fourth-order valence-electron chi connectivity index (χ4n) is 6.44. The summed E-state index contributed by atoms with van der Waals surface area (Å²) in [6.07, 6.45) is 0.00155. The third kappa shape index (κ3) is 14.0. The Morgan fingerprint density at radius 1 is 1.00 bits per heavy atom. The molecule has 1 amide bonds. The maximum Gasteiger partial charge on any atom is 0.404 e. The van der Waals surface area contributed by atoms with Crippen LogP contribution in [0.25, 0.3) is 0 Å². The molecule has 6 unspecified atom stereocenters. The lowest BCUT2D eigenvalue weighted by atomic mass is 9.73. The van der Waals surface area contributed by atoms with Crippen molar-refractivity contribution >= 4 is 11.9 Å². The Bertz CT molecular complexity index is 1080. The van der Waals surface area contributed by atoms with Crippen LogP contribution in [0.1, 0.15) is 112 Å². The molecular formula is C36H63F4N5O2. The summed E-state index contributed by atoms with van der Waals surface area (Å²) in [7, 11) is 4.69. The van der Waals surface area contributed by atoms with Crippen LogP contribution in [0.15, 0.2) is 29.3 Å². The summed E-state index contributed by atoms with van der Waals surface area (Å²) >= 11 is 0. The minimum Gasteiger partial charge on any atom is -0.383 e. The maximum atomic E-state index is 14.3. The second kappa shape index (κ2) is 19.7. The number of carbonyl (C=O) groups excluding carboxylic acids is 1. The number of benzene rings is 1. The largest absolute Gasteiger partial charge is 0.404 e. The van der Waals surface area contributed by atoms with Crippen molar-refractivity contribution in [3.05, 3.63) is 35.6 Å². The molecule has 0 bridgehead atoms. The summed E-state index contributed by atoms with van der Waals surface area (Å²) in [5, 5.41) is 8.29. The van der Waals surface area contributed by atoms with Gasteiger partial charge in [-0.05, 0) is 87.6 Å². The zero-order valence-electron chi connectivity index (χ0n) is 30.8. The van der Waals surface area contributed by atoms with E-state index in [0.29, 0.717) is 18.5 Å². The molecule has 0 aliphatic heterocycles. The number of alkyl halides is 3. The fraction of sp³-hybridized carbons (Fsp3) is 0.778. The van der Waals surface area contributed by atoms with E-state index < -0.39 is 36.0 Å². The summed E-state index contributed by atoms with van der Waals surface area (Å²) in [6.45, 7) is 17.6. The average Bonchev–Trinajstić information content (AvgIpc) is 2.97. The Morgan fingerprint density at radius 3 is 2.09 bits per heavy atom. The normalized spacial score (nSPS) is 17.5. The highest BCUT2D eigenvalue weighted by molar-refractivity contribution is 5.98. The van der Waals surface area contributed by atoms with E-state index in [2.05, 4.69) is 57.5 Å². The highest BCUT2D eigenvalue weighted by Crippen LogP contribution is 2.37. The van der Waals surface area contributed by atoms with Crippen LogP contribution in [0.3, 0.4) is 0 Å². The molecule has 0 saturated carbocycles. The van der Waals surface area contributed by atoms with E-state index in [-0.39, 0.29) is 41.8 Å². The van der Waals surface area contributed by atoms with Gasteiger partial charge in [0.05, 0.1) is 12.5 Å². The summed E-state index contributed by atoms with van der Waals surface area (Å²) in [5.74, 6) is -2.43. The highest BCUT2D eigenvalue weighted by atomic mass is 19.4. The number of carbonyl (C=O) groups is 1. The standard InChI is InChI=1S/C36H63F4N5O2/c1-12-21-34(6,7)25(4)15-20-29(30(41-9)36(38,39)40)32(46)44-33(42-26(5)23-47-11)43-31(27-16-18-28(37)19-17-27)45(10)24-35(8,14-3)22-13-2/h16-19,25-26,29-31,41H,12-15,20-24H2,1-11H3,(H2,42,43,44,46). The van der Waals surface area contributed by atoms with E-state index in [4.69, 9.17) is 9.73 Å². The lowest BCUT2D eigenvalue weighted by Gasteiger charge is -2.36. The first-order chi connectivity index (χ1) is 21.9. The van der Waals surface area contributed by atoms with Crippen LogP contribution in [-0.2, 0) is 9.53 Å². The molecule has 0 fully saturated rings. The van der Waals surface area contributed by atoms with Crippen molar-refractivity contribution in [2.75, 3.05) is 34.4 Å². The molecule has 1 aromatic carbocycles. The molecule has 1 aromatic rings. The third-order valence-electron chi connectivity index (χ3n) is 9.76. The van der Waals surface area contributed by atoms with Crippen molar-refractivity contribution in [3.8, 4) is 0 Å². The van der Waals surface area contributed by atoms with Crippen LogP contribution in [0.4, 0.5) is 17.6 Å². The molecule has 11 heteroatoms. The van der Waals surface area contributed by atoms with Gasteiger partial charge in [0.25, 0.3) is 0 Å². The molecule has 1 rings (SSSR count). The predicted molar refractivity (Wildman–Crippen MR) is 185 cm³/mol. The van der Waals surface area contributed by atoms with E-state index in [1.807, 2.05) is 25.8 Å². The molecule has 0 heterocycles. The number of hydrogen-bond donors (Lipinski definition) is 3. The van der Waals surface area contributed by atoms with Crippen LogP contribution >= 0.6 is 0 Å². The van der Waals surface area contributed by atoms with Gasteiger partial charge in [-0.3, -0.25) is 15.0 Å². The Morgan fingerprint density at radius 2 is 1.60 bits per heavy atom. The second-order valence-corrected chi connectivity index (χ2v) is 14.4. The molecule has 0 saturated heterocycles. The monoisotopic (exact) mass is 673 g/mol. The molecular weight excluding hydrogens is 610 g/mol. The number of nitrogens with zero attached hydrogens (tertiary/aromatic N) is 2. The van der Waals surface area contributed by atoms with Crippen LogP contribution in [0.2, 0.25) is 0 Å². The van der Waals surface area contributed by atoms with Crippen LogP contribution < -0.4 is 16.0 Å². The summed E-state index contributed by atoms with van der Waals surface area (Å²) in [5.41, 5.74) is 0.575. The van der Waals surface area contributed by atoms with Crippen molar-refractivity contribution in [2.45, 2.75) is 125 Å². The van der Waals surface area contributed by atoms with E-state index in [1.54, 1.807) is 19.2 Å². The zero-order chi connectivity index (χ0) is 36.0. The van der Waals surface area contributed by atoms with Crippen molar-refractivity contribution in [1.82, 2.24) is 20.9 Å². The molecule has 0 aromatic heterocycles. The number of amides is 1. The molecule has 0 aliphatic rings. The van der Waals surface area contributed by atoms with Gasteiger partial charge in [-0.2, -0.15) is 13.2 Å². The third-order valence-corrected chi connectivity index (χ3v) is 9.76. The SMILES string of the molecule is CCCC(C)(CC)CN(C)C(N=C(NC(=O)C(CCC(C)C(C)(C)CCC)C(NC)C(F)(F)F)NC(C)COC)c1ccc(F)cc1. The summed E-state index contributed by atoms with van der Waals surface area (Å²) in [6, 6.07) is 3.63. The van der Waals surface area contributed by atoms with Gasteiger partial charge in [-0.15, -0.1) is 0 Å². The first-order valence-corrected chi connectivity index (χ1v) is 17.2. The zero-order valence-corrected chi connectivity index (χ0v) is 30.8. The number of halogens is 4. The quantitative estimate of drug-likeness (QED) is 0.0742. The summed E-state index contributed by atoms with van der Waals surface area (Å²) < 4.78 is 62.3. The number of rotatable bonds is 20. The number of methoxy groups -OCH3 is 1. The van der Waals surface area contributed by atoms with Gasteiger partial charge in [-0.25, -0.2) is 9.38 Å². The number of hydrogen-bond acceptors (Lipinski definition) is 5. The Kier molecular flexibility index (Phi) is 17.9. The lowest BCUT2D eigenvalue weighted by molar-refractivity contribution is -0.172. The minimum atomic E-state index is -4.65. The molecule has 0 aliphatic carbocycles. The van der Waals surface area contributed by atoms with Crippen molar-refractivity contribution in [3.63, 3.8) is 0 Å². The fourth-order valence-corrected chi connectivity index (χ4v) is 6.44. The number of aliphatic imine (C=N–C) groups is 1. The van der Waals surface area contributed by atoms with E-state index >= 15 is 0 Å². The van der Waals surface area contributed by atoms with Gasteiger partial charge in [0.15, 0.2) is 5.96 Å². The summed E-state index contributed by atoms with van der Waals surface area (Å²) in [4.78, 5) is 20.9. The van der Waals surface area contributed by atoms with E-state index in [0.717, 1.165) is 32.1 Å². The van der Waals surface area contributed by atoms with Gasteiger partial charge in [0.1, 0.15) is 18.0 Å². The van der Waals surface area contributed by atoms with Gasteiger partial charge in [-0.1, -0.05) is 73.4 Å².